The Hall–Kier alpha value is -3.47. The van der Waals surface area contributed by atoms with E-state index in [1.807, 2.05) is 32.9 Å². The third-order valence-corrected chi connectivity index (χ3v) is 7.05. The molecule has 2 aromatic carbocycles. The number of fused-ring (bicyclic) bond motifs is 1. The fourth-order valence-corrected chi connectivity index (χ4v) is 4.77. The number of carbonyl (C=O) groups is 2. The van der Waals surface area contributed by atoms with Crippen molar-refractivity contribution in [1.29, 1.82) is 0 Å². The van der Waals surface area contributed by atoms with Gasteiger partial charge in [0.15, 0.2) is 11.5 Å². The summed E-state index contributed by atoms with van der Waals surface area (Å²) in [7, 11) is -2.29. The van der Waals surface area contributed by atoms with Crippen molar-refractivity contribution in [1.82, 2.24) is 10.2 Å². The second-order valence-corrected chi connectivity index (χ2v) is 11.1. The van der Waals surface area contributed by atoms with Crippen molar-refractivity contribution in [2.24, 2.45) is 5.92 Å². The molecule has 0 bridgehead atoms. The van der Waals surface area contributed by atoms with Gasteiger partial charge in [0, 0.05) is 19.2 Å². The Balaban J connectivity index is 1.92. The van der Waals surface area contributed by atoms with Crippen LogP contribution in [0.4, 0.5) is 5.69 Å². The minimum atomic E-state index is -3.85. The van der Waals surface area contributed by atoms with Gasteiger partial charge in [-0.25, -0.2) is 8.42 Å². The van der Waals surface area contributed by atoms with Crippen molar-refractivity contribution in [3.63, 3.8) is 0 Å². The van der Waals surface area contributed by atoms with Gasteiger partial charge in [0.1, 0.15) is 18.3 Å². The van der Waals surface area contributed by atoms with E-state index in [0.29, 0.717) is 30.2 Å². The molecule has 1 aliphatic heterocycles. The molecule has 10 nitrogen and oxygen atoms in total. The molecule has 1 heterocycles. The first kappa shape index (κ1) is 28.1. The lowest BCUT2D eigenvalue weighted by molar-refractivity contribution is -0.140. The number of carbonyl (C=O) groups excluding carboxylic acids is 2. The van der Waals surface area contributed by atoms with Crippen LogP contribution in [0.2, 0.25) is 0 Å². The van der Waals surface area contributed by atoms with Gasteiger partial charge in [0.25, 0.3) is 0 Å². The van der Waals surface area contributed by atoms with Crippen molar-refractivity contribution >= 4 is 27.5 Å². The molecule has 3 rings (SSSR count). The predicted octanol–water partition coefficient (Wildman–Crippen LogP) is 2.77. The van der Waals surface area contributed by atoms with E-state index >= 15 is 0 Å². The Bertz CT molecular complexity index is 1200. The highest BCUT2D eigenvalue weighted by Crippen LogP contribution is 2.36. The lowest BCUT2D eigenvalue weighted by Crippen LogP contribution is -2.52. The normalized spacial score (nSPS) is 13.2. The van der Waals surface area contributed by atoms with Crippen molar-refractivity contribution in [2.75, 3.05) is 37.6 Å². The molecule has 2 amide bonds. The molecule has 202 valence electrons. The predicted molar refractivity (Wildman–Crippen MR) is 140 cm³/mol. The van der Waals surface area contributed by atoms with Gasteiger partial charge < -0.3 is 24.4 Å². The molecular weight excluding hydrogens is 498 g/mol. The van der Waals surface area contributed by atoms with Gasteiger partial charge in [-0.15, -0.1) is 0 Å². The number of sulfonamides is 1. The highest BCUT2D eigenvalue weighted by Gasteiger charge is 2.32. The fourth-order valence-electron chi connectivity index (χ4n) is 3.92. The number of anilines is 1. The molecule has 1 atom stereocenters. The van der Waals surface area contributed by atoms with Crippen LogP contribution in [-0.2, 0) is 26.2 Å². The summed E-state index contributed by atoms with van der Waals surface area (Å²) >= 11 is 0. The molecule has 37 heavy (non-hydrogen) atoms. The van der Waals surface area contributed by atoms with Crippen LogP contribution in [0.25, 0.3) is 0 Å². The zero-order valence-corrected chi connectivity index (χ0v) is 22.7. The average molecular weight is 534 g/mol. The summed E-state index contributed by atoms with van der Waals surface area (Å²) in [5.41, 5.74) is 1.04. The van der Waals surface area contributed by atoms with Crippen LogP contribution in [0.15, 0.2) is 42.5 Å². The summed E-state index contributed by atoms with van der Waals surface area (Å²) in [6.45, 7) is 5.92. The molecule has 1 aliphatic rings. The largest absolute Gasteiger partial charge is 0.497 e. The number of amides is 2. The highest BCUT2D eigenvalue weighted by molar-refractivity contribution is 7.92. The number of rotatable bonds is 12. The first-order chi connectivity index (χ1) is 17.5. The minimum Gasteiger partial charge on any atom is -0.497 e. The summed E-state index contributed by atoms with van der Waals surface area (Å²) in [4.78, 5) is 28.3. The van der Waals surface area contributed by atoms with Crippen LogP contribution in [0.5, 0.6) is 17.2 Å². The van der Waals surface area contributed by atoms with E-state index in [2.05, 4.69) is 5.32 Å². The Morgan fingerprint density at radius 1 is 1.08 bits per heavy atom. The third-order valence-electron chi connectivity index (χ3n) is 5.91. The zero-order valence-electron chi connectivity index (χ0n) is 21.9. The van der Waals surface area contributed by atoms with E-state index in [9.17, 15) is 18.0 Å². The number of hydrogen-bond donors (Lipinski definition) is 1. The van der Waals surface area contributed by atoms with Crippen LogP contribution in [0.1, 0.15) is 32.8 Å². The summed E-state index contributed by atoms with van der Waals surface area (Å²) < 4.78 is 42.4. The molecule has 2 aromatic rings. The standard InChI is InChI=1S/C26H35N3O7S/c1-6-22(26(31)27-14-18(2)3)28(15-19-7-10-21(34-4)11-8-19)25(30)16-29(37(5,32)33)20-9-12-23-24(13-20)36-17-35-23/h7-13,18,22H,6,14-17H2,1-5H3,(H,27,31)/t22-/m0/s1. The molecule has 0 aliphatic carbocycles. The van der Waals surface area contributed by atoms with Gasteiger partial charge in [-0.3, -0.25) is 13.9 Å². The Morgan fingerprint density at radius 3 is 2.35 bits per heavy atom. The molecule has 0 aromatic heterocycles. The molecule has 0 saturated heterocycles. The topological polar surface area (TPSA) is 114 Å². The monoisotopic (exact) mass is 533 g/mol. The third kappa shape index (κ3) is 7.28. The van der Waals surface area contributed by atoms with Crippen molar-refractivity contribution in [3.05, 3.63) is 48.0 Å². The summed E-state index contributed by atoms with van der Waals surface area (Å²) in [6, 6.07) is 11.1. The van der Waals surface area contributed by atoms with E-state index in [-0.39, 0.29) is 30.9 Å². The molecule has 0 radical (unpaired) electrons. The van der Waals surface area contributed by atoms with Crippen molar-refractivity contribution < 1.29 is 32.2 Å². The van der Waals surface area contributed by atoms with Gasteiger partial charge >= 0.3 is 0 Å². The lowest BCUT2D eigenvalue weighted by atomic mass is 10.1. The Labute approximate surface area is 218 Å². The van der Waals surface area contributed by atoms with Gasteiger partial charge in [0.2, 0.25) is 28.6 Å². The molecule has 0 unspecified atom stereocenters. The van der Waals surface area contributed by atoms with Gasteiger partial charge in [-0.05, 0) is 42.2 Å². The summed E-state index contributed by atoms with van der Waals surface area (Å²) in [6.07, 6.45) is 1.39. The second kappa shape index (κ2) is 12.2. The summed E-state index contributed by atoms with van der Waals surface area (Å²) in [5, 5.41) is 2.90. The Kier molecular flexibility index (Phi) is 9.25. The molecule has 11 heteroatoms. The number of hydrogen-bond acceptors (Lipinski definition) is 7. The van der Waals surface area contributed by atoms with Crippen LogP contribution in [-0.4, -0.2) is 64.4 Å². The smallest absolute Gasteiger partial charge is 0.244 e. The SMILES string of the molecule is CC[C@@H](C(=O)NCC(C)C)N(Cc1ccc(OC)cc1)C(=O)CN(c1ccc2c(c1)OCO2)S(C)(=O)=O. The number of nitrogens with zero attached hydrogens (tertiary/aromatic N) is 2. The lowest BCUT2D eigenvalue weighted by Gasteiger charge is -2.33. The maximum absolute atomic E-state index is 13.7. The molecule has 0 fully saturated rings. The van der Waals surface area contributed by atoms with Crippen LogP contribution in [0, 0.1) is 5.92 Å². The zero-order chi connectivity index (χ0) is 27.2. The second-order valence-electron chi connectivity index (χ2n) is 9.24. The number of nitrogens with one attached hydrogen (secondary N) is 1. The number of benzene rings is 2. The highest BCUT2D eigenvalue weighted by atomic mass is 32.2. The first-order valence-electron chi connectivity index (χ1n) is 12.1. The molecule has 1 N–H and O–H groups in total. The van der Waals surface area contributed by atoms with Gasteiger partial charge in [-0.2, -0.15) is 0 Å². The number of ether oxygens (including phenoxy) is 3. The number of methoxy groups -OCH3 is 1. The van der Waals surface area contributed by atoms with E-state index in [1.165, 1.54) is 11.0 Å². The maximum Gasteiger partial charge on any atom is 0.244 e. The molecule has 0 saturated carbocycles. The minimum absolute atomic E-state index is 0.0376. The van der Waals surface area contributed by atoms with E-state index < -0.39 is 28.5 Å². The van der Waals surface area contributed by atoms with Crippen LogP contribution in [0.3, 0.4) is 0 Å². The molecule has 0 spiro atoms. The van der Waals surface area contributed by atoms with Crippen molar-refractivity contribution in [3.8, 4) is 17.2 Å². The average Bonchev–Trinajstić information content (AvgIpc) is 3.33. The van der Waals surface area contributed by atoms with E-state index in [1.54, 1.807) is 31.4 Å². The Morgan fingerprint density at radius 2 is 1.76 bits per heavy atom. The van der Waals surface area contributed by atoms with Crippen LogP contribution >= 0.6 is 0 Å². The van der Waals surface area contributed by atoms with Gasteiger partial charge in [0.05, 0.1) is 19.1 Å². The molecular formula is C26H35N3O7S. The fraction of sp³-hybridized carbons (Fsp3) is 0.462. The van der Waals surface area contributed by atoms with Gasteiger partial charge in [-0.1, -0.05) is 32.9 Å². The van der Waals surface area contributed by atoms with Crippen LogP contribution < -0.4 is 23.8 Å². The summed E-state index contributed by atoms with van der Waals surface area (Å²) in [5.74, 6) is 0.997. The van der Waals surface area contributed by atoms with E-state index in [0.717, 1.165) is 16.1 Å². The van der Waals surface area contributed by atoms with E-state index in [4.69, 9.17) is 14.2 Å². The quantitative estimate of drug-likeness (QED) is 0.446. The first-order valence-corrected chi connectivity index (χ1v) is 14.0. The van der Waals surface area contributed by atoms with Crippen molar-refractivity contribution in [2.45, 2.75) is 39.8 Å². The maximum atomic E-state index is 13.7.